The van der Waals surface area contributed by atoms with E-state index in [-0.39, 0.29) is 5.91 Å². The molecule has 1 aliphatic rings. The number of carbonyl (C=O) groups is 1. The van der Waals surface area contributed by atoms with Gasteiger partial charge in [0.05, 0.1) is 5.75 Å². The van der Waals surface area contributed by atoms with E-state index in [0.717, 1.165) is 24.5 Å². The fraction of sp³-hybridized carbons (Fsp3) is 0.600. The summed E-state index contributed by atoms with van der Waals surface area (Å²) in [5.74, 6) is 1.66. The van der Waals surface area contributed by atoms with Gasteiger partial charge in [0, 0.05) is 25.8 Å². The summed E-state index contributed by atoms with van der Waals surface area (Å²) in [5.41, 5.74) is 1.05. The summed E-state index contributed by atoms with van der Waals surface area (Å²) in [6, 6.07) is 4.10. The normalized spacial score (nSPS) is 14.8. The van der Waals surface area contributed by atoms with Crippen LogP contribution in [0.1, 0.15) is 32.3 Å². The Hall–Kier alpha value is -1.23. The summed E-state index contributed by atoms with van der Waals surface area (Å²) in [5, 5.41) is 3.42. The molecule has 2 heterocycles. The highest BCUT2D eigenvalue weighted by Crippen LogP contribution is 2.17. The molecule has 1 N–H and O–H groups in total. The van der Waals surface area contributed by atoms with Crippen LogP contribution in [0.4, 0.5) is 5.82 Å². The maximum Gasteiger partial charge on any atom is 0.230 e. The van der Waals surface area contributed by atoms with Gasteiger partial charge in [-0.1, -0.05) is 19.9 Å². The van der Waals surface area contributed by atoms with Crippen LogP contribution in [0.5, 0.6) is 0 Å². The first kappa shape index (κ1) is 15.2. The number of aromatic nitrogens is 1. The predicted octanol–water partition coefficient (Wildman–Crippen LogP) is 2.44. The van der Waals surface area contributed by atoms with Crippen molar-refractivity contribution in [2.24, 2.45) is 0 Å². The van der Waals surface area contributed by atoms with Crippen LogP contribution >= 0.6 is 11.8 Å². The van der Waals surface area contributed by atoms with E-state index < -0.39 is 0 Å². The van der Waals surface area contributed by atoms with Gasteiger partial charge in [0.1, 0.15) is 5.82 Å². The molecular formula is C15H23N3OS. The molecule has 1 amide bonds. The van der Waals surface area contributed by atoms with E-state index in [1.165, 1.54) is 12.8 Å². The van der Waals surface area contributed by atoms with Crippen molar-refractivity contribution in [2.75, 3.05) is 23.7 Å². The van der Waals surface area contributed by atoms with Gasteiger partial charge in [-0.2, -0.15) is 0 Å². The summed E-state index contributed by atoms with van der Waals surface area (Å²) in [6.45, 7) is 6.97. The zero-order chi connectivity index (χ0) is 14.4. The highest BCUT2D eigenvalue weighted by atomic mass is 32.2. The standard InChI is InChI=1S/C15H23N3OS/c1-12(2)20-11-15(19)17-10-13-5-6-14(16-9-13)18-7-3-4-8-18/h5-6,9,12H,3-4,7-8,10-11H2,1-2H3,(H,17,19). The van der Waals surface area contributed by atoms with E-state index in [1.54, 1.807) is 11.8 Å². The van der Waals surface area contributed by atoms with Gasteiger partial charge in [-0.25, -0.2) is 4.98 Å². The monoisotopic (exact) mass is 293 g/mol. The third-order valence-corrected chi connectivity index (χ3v) is 4.37. The molecule has 1 aromatic heterocycles. The van der Waals surface area contributed by atoms with Crippen LogP contribution in [-0.4, -0.2) is 35.0 Å². The maximum absolute atomic E-state index is 11.6. The molecule has 20 heavy (non-hydrogen) atoms. The van der Waals surface area contributed by atoms with Gasteiger partial charge < -0.3 is 10.2 Å². The molecule has 1 aliphatic heterocycles. The number of pyridine rings is 1. The Morgan fingerprint density at radius 1 is 1.40 bits per heavy atom. The molecule has 0 unspecified atom stereocenters. The Kier molecular flexibility index (Phi) is 5.71. The van der Waals surface area contributed by atoms with Gasteiger partial charge in [0.2, 0.25) is 5.91 Å². The van der Waals surface area contributed by atoms with Gasteiger partial charge in [-0.3, -0.25) is 4.79 Å². The SMILES string of the molecule is CC(C)SCC(=O)NCc1ccc(N2CCCC2)nc1. The third kappa shape index (κ3) is 4.71. The first-order valence-corrected chi connectivity index (χ1v) is 8.28. The number of rotatable bonds is 6. The van der Waals surface area contributed by atoms with Crippen LogP contribution < -0.4 is 10.2 Å². The molecule has 0 radical (unpaired) electrons. The fourth-order valence-electron chi connectivity index (χ4n) is 2.15. The number of amides is 1. The molecule has 0 bridgehead atoms. The number of nitrogens with zero attached hydrogens (tertiary/aromatic N) is 2. The number of anilines is 1. The van der Waals surface area contributed by atoms with Crippen molar-refractivity contribution in [3.8, 4) is 0 Å². The van der Waals surface area contributed by atoms with E-state index in [1.807, 2.05) is 6.20 Å². The molecule has 0 aliphatic carbocycles. The lowest BCUT2D eigenvalue weighted by Crippen LogP contribution is -2.25. The summed E-state index contributed by atoms with van der Waals surface area (Å²) in [6.07, 6.45) is 4.38. The second-order valence-corrected chi connectivity index (χ2v) is 6.92. The molecule has 1 fully saturated rings. The number of hydrogen-bond donors (Lipinski definition) is 1. The molecule has 0 saturated carbocycles. The molecule has 5 heteroatoms. The van der Waals surface area contributed by atoms with E-state index in [9.17, 15) is 4.79 Å². The average Bonchev–Trinajstić information content (AvgIpc) is 2.97. The Balaban J connectivity index is 1.77. The smallest absolute Gasteiger partial charge is 0.230 e. The molecule has 4 nitrogen and oxygen atoms in total. The molecule has 1 saturated heterocycles. The lowest BCUT2D eigenvalue weighted by molar-refractivity contribution is -0.118. The molecule has 2 rings (SSSR count). The Labute approximate surface area is 125 Å². The van der Waals surface area contributed by atoms with Crippen molar-refractivity contribution < 1.29 is 4.79 Å². The van der Waals surface area contributed by atoms with Crippen LogP contribution in [0.25, 0.3) is 0 Å². The fourth-order valence-corrected chi connectivity index (χ4v) is 2.74. The summed E-state index contributed by atoms with van der Waals surface area (Å²) in [4.78, 5) is 18.4. The summed E-state index contributed by atoms with van der Waals surface area (Å²) >= 11 is 1.66. The summed E-state index contributed by atoms with van der Waals surface area (Å²) < 4.78 is 0. The number of nitrogens with one attached hydrogen (secondary N) is 1. The molecular weight excluding hydrogens is 270 g/mol. The third-order valence-electron chi connectivity index (χ3n) is 3.28. The first-order valence-electron chi connectivity index (χ1n) is 7.23. The first-order chi connectivity index (χ1) is 9.65. The van der Waals surface area contributed by atoms with Crippen LogP contribution in [0, 0.1) is 0 Å². The number of thioether (sulfide) groups is 1. The van der Waals surface area contributed by atoms with E-state index in [0.29, 0.717) is 17.5 Å². The summed E-state index contributed by atoms with van der Waals surface area (Å²) in [7, 11) is 0. The molecule has 0 spiro atoms. The van der Waals surface area contributed by atoms with Crippen LogP contribution in [0.15, 0.2) is 18.3 Å². The zero-order valence-electron chi connectivity index (χ0n) is 12.3. The van der Waals surface area contributed by atoms with Gasteiger partial charge in [-0.05, 0) is 29.7 Å². The van der Waals surface area contributed by atoms with Crippen molar-refractivity contribution in [1.29, 1.82) is 0 Å². The highest BCUT2D eigenvalue weighted by molar-refractivity contribution is 8.00. The van der Waals surface area contributed by atoms with Crippen molar-refractivity contribution >= 4 is 23.5 Å². The maximum atomic E-state index is 11.6. The lowest BCUT2D eigenvalue weighted by Gasteiger charge is -2.16. The van der Waals surface area contributed by atoms with Crippen molar-refractivity contribution in [3.05, 3.63) is 23.9 Å². The molecule has 0 atom stereocenters. The number of hydrogen-bond acceptors (Lipinski definition) is 4. The molecule has 110 valence electrons. The average molecular weight is 293 g/mol. The van der Waals surface area contributed by atoms with Gasteiger partial charge >= 0.3 is 0 Å². The van der Waals surface area contributed by atoms with E-state index >= 15 is 0 Å². The second kappa shape index (κ2) is 7.53. The van der Waals surface area contributed by atoms with Crippen molar-refractivity contribution in [3.63, 3.8) is 0 Å². The second-order valence-electron chi connectivity index (χ2n) is 5.36. The lowest BCUT2D eigenvalue weighted by atomic mass is 10.2. The van der Waals surface area contributed by atoms with Crippen LogP contribution in [0.3, 0.4) is 0 Å². The van der Waals surface area contributed by atoms with E-state index in [2.05, 4.69) is 41.2 Å². The van der Waals surface area contributed by atoms with Crippen LogP contribution in [0.2, 0.25) is 0 Å². The molecule has 0 aromatic carbocycles. The van der Waals surface area contributed by atoms with Gasteiger partial charge in [-0.15, -0.1) is 11.8 Å². The Morgan fingerprint density at radius 3 is 2.75 bits per heavy atom. The van der Waals surface area contributed by atoms with Gasteiger partial charge in [0.25, 0.3) is 0 Å². The van der Waals surface area contributed by atoms with Crippen molar-refractivity contribution in [2.45, 2.75) is 38.5 Å². The highest BCUT2D eigenvalue weighted by Gasteiger charge is 2.13. The minimum absolute atomic E-state index is 0.0901. The largest absolute Gasteiger partial charge is 0.357 e. The molecule has 1 aromatic rings. The zero-order valence-corrected chi connectivity index (χ0v) is 13.1. The topological polar surface area (TPSA) is 45.2 Å². The van der Waals surface area contributed by atoms with Gasteiger partial charge in [0.15, 0.2) is 0 Å². The minimum atomic E-state index is 0.0901. The quantitative estimate of drug-likeness (QED) is 0.875. The Bertz CT molecular complexity index is 427. The van der Waals surface area contributed by atoms with Crippen LogP contribution in [-0.2, 0) is 11.3 Å². The minimum Gasteiger partial charge on any atom is -0.357 e. The Morgan fingerprint density at radius 2 is 2.15 bits per heavy atom. The van der Waals surface area contributed by atoms with Crippen molar-refractivity contribution in [1.82, 2.24) is 10.3 Å². The predicted molar refractivity (Wildman–Crippen MR) is 85.1 cm³/mol. The number of carbonyl (C=O) groups excluding carboxylic acids is 1. The van der Waals surface area contributed by atoms with E-state index in [4.69, 9.17) is 0 Å².